The van der Waals surface area contributed by atoms with E-state index < -0.39 is 0 Å². The number of hydrogen-bond acceptors (Lipinski definition) is 4. The smallest absolute Gasteiger partial charge is 0.243 e. The number of aromatic hydroxyl groups is 1. The molecule has 0 radical (unpaired) electrons. The van der Waals surface area contributed by atoms with Gasteiger partial charge in [0.25, 0.3) is 0 Å². The summed E-state index contributed by atoms with van der Waals surface area (Å²) in [6.45, 7) is 6.58. The number of carbonyl (C=O) groups is 1. The van der Waals surface area contributed by atoms with Crippen molar-refractivity contribution in [3.8, 4) is 11.5 Å². The molecule has 2 unspecified atom stereocenters. The zero-order chi connectivity index (χ0) is 20.5. The van der Waals surface area contributed by atoms with Crippen LogP contribution in [0.1, 0.15) is 49.8 Å². The Balaban J connectivity index is 1.58. The Bertz CT molecular complexity index is 901. The van der Waals surface area contributed by atoms with E-state index in [2.05, 4.69) is 55.6 Å². The van der Waals surface area contributed by atoms with Gasteiger partial charge in [-0.25, -0.2) is 5.43 Å². The van der Waals surface area contributed by atoms with Gasteiger partial charge >= 0.3 is 0 Å². The molecule has 2 aromatic carbocycles. The molecule has 28 heavy (non-hydrogen) atoms. The molecule has 1 amide bonds. The zero-order valence-corrected chi connectivity index (χ0v) is 18.6. The van der Waals surface area contributed by atoms with E-state index in [4.69, 9.17) is 4.74 Å². The lowest BCUT2D eigenvalue weighted by Crippen LogP contribution is -2.20. The van der Waals surface area contributed by atoms with E-state index in [1.54, 1.807) is 18.3 Å². The van der Waals surface area contributed by atoms with Crippen LogP contribution in [0.15, 0.2) is 41.5 Å². The molecule has 3 rings (SSSR count). The Hall–Kier alpha value is -2.09. The van der Waals surface area contributed by atoms with Crippen molar-refractivity contribution in [2.24, 2.45) is 11.0 Å². The molecule has 0 saturated heterocycles. The highest BCUT2D eigenvalue weighted by molar-refractivity contribution is 14.1. The van der Waals surface area contributed by atoms with E-state index in [-0.39, 0.29) is 28.9 Å². The molecule has 0 aromatic heterocycles. The molecule has 1 fully saturated rings. The first-order valence-corrected chi connectivity index (χ1v) is 10.3. The maximum atomic E-state index is 12.4. The third kappa shape index (κ3) is 4.66. The lowest BCUT2D eigenvalue weighted by Gasteiger charge is -2.19. The van der Waals surface area contributed by atoms with Crippen molar-refractivity contribution < 1.29 is 14.6 Å². The van der Waals surface area contributed by atoms with Gasteiger partial charge in [0.05, 0.1) is 16.9 Å². The Labute approximate surface area is 179 Å². The summed E-state index contributed by atoms with van der Waals surface area (Å²) in [7, 11) is 1.50. The summed E-state index contributed by atoms with van der Waals surface area (Å²) in [6, 6.07) is 12.0. The Morgan fingerprint density at radius 2 is 1.96 bits per heavy atom. The minimum atomic E-state index is -0.0680. The fraction of sp³-hybridized carbons (Fsp3) is 0.364. The fourth-order valence-electron chi connectivity index (χ4n) is 3.16. The molecule has 1 aliphatic carbocycles. The van der Waals surface area contributed by atoms with Crippen molar-refractivity contribution in [2.75, 3.05) is 7.11 Å². The first-order chi connectivity index (χ1) is 13.2. The van der Waals surface area contributed by atoms with Gasteiger partial charge in [0.1, 0.15) is 0 Å². The van der Waals surface area contributed by atoms with Crippen molar-refractivity contribution in [1.29, 1.82) is 0 Å². The molecule has 2 atom stereocenters. The number of methoxy groups -OCH3 is 1. The first-order valence-electron chi connectivity index (χ1n) is 9.20. The monoisotopic (exact) mass is 492 g/mol. The summed E-state index contributed by atoms with van der Waals surface area (Å²) in [5.41, 5.74) is 5.99. The first kappa shape index (κ1) is 20.6. The van der Waals surface area contributed by atoms with E-state index in [0.717, 1.165) is 12.0 Å². The van der Waals surface area contributed by atoms with Crippen LogP contribution in [0.5, 0.6) is 11.5 Å². The molecular formula is C22H25IN2O3. The predicted octanol–water partition coefficient (Wildman–Crippen LogP) is 4.56. The fourth-order valence-corrected chi connectivity index (χ4v) is 3.79. The summed E-state index contributed by atoms with van der Waals surface area (Å²) >= 11 is 2.02. The highest BCUT2D eigenvalue weighted by atomic mass is 127. The summed E-state index contributed by atoms with van der Waals surface area (Å²) in [5, 5.41) is 13.9. The van der Waals surface area contributed by atoms with E-state index in [1.807, 2.05) is 22.6 Å². The molecule has 148 valence electrons. The van der Waals surface area contributed by atoms with Gasteiger partial charge in [-0.05, 0) is 69.2 Å². The molecule has 6 heteroatoms. The van der Waals surface area contributed by atoms with E-state index in [1.165, 1.54) is 18.2 Å². The summed E-state index contributed by atoms with van der Waals surface area (Å²) in [5.74, 6) is 0.635. The van der Waals surface area contributed by atoms with Crippen molar-refractivity contribution in [2.45, 2.75) is 38.5 Å². The maximum Gasteiger partial charge on any atom is 0.243 e. The van der Waals surface area contributed by atoms with Crippen LogP contribution in [0.25, 0.3) is 0 Å². The Morgan fingerprint density at radius 3 is 2.57 bits per heavy atom. The standard InChI is InChI=1S/C22H25IN2O3/c1-22(2,3)15-7-5-14(6-8-15)16-11-17(16)21(27)25-24-12-13-9-18(23)20(26)19(10-13)28-4/h5-10,12,16-17,26H,11H2,1-4H3,(H,25,27)/b24-12+. The van der Waals surface area contributed by atoms with Crippen LogP contribution in [0.4, 0.5) is 0 Å². The number of nitrogens with one attached hydrogen (secondary N) is 1. The molecule has 2 aromatic rings. The minimum absolute atomic E-state index is 0.0351. The van der Waals surface area contributed by atoms with E-state index >= 15 is 0 Å². The number of ether oxygens (including phenoxy) is 1. The van der Waals surface area contributed by atoms with Gasteiger partial charge in [0, 0.05) is 5.92 Å². The molecular weight excluding hydrogens is 467 g/mol. The number of benzene rings is 2. The van der Waals surface area contributed by atoms with Crippen molar-refractivity contribution in [3.63, 3.8) is 0 Å². The molecule has 0 heterocycles. The molecule has 5 nitrogen and oxygen atoms in total. The van der Waals surface area contributed by atoms with Crippen molar-refractivity contribution in [1.82, 2.24) is 5.43 Å². The van der Waals surface area contributed by atoms with Gasteiger partial charge in [-0.2, -0.15) is 5.10 Å². The van der Waals surface area contributed by atoms with Gasteiger partial charge in [-0.15, -0.1) is 0 Å². The van der Waals surface area contributed by atoms with Crippen LogP contribution in [0.3, 0.4) is 0 Å². The number of halogens is 1. The molecule has 0 spiro atoms. The second-order valence-electron chi connectivity index (χ2n) is 8.11. The molecule has 2 N–H and O–H groups in total. The summed E-state index contributed by atoms with van der Waals surface area (Å²) in [6.07, 6.45) is 2.40. The quantitative estimate of drug-likeness (QED) is 0.366. The number of rotatable bonds is 5. The Kier molecular flexibility index (Phi) is 5.98. The number of phenolic OH excluding ortho intramolecular Hbond substituents is 1. The number of amides is 1. The number of phenols is 1. The van der Waals surface area contributed by atoms with Gasteiger partial charge in [-0.1, -0.05) is 45.0 Å². The van der Waals surface area contributed by atoms with Gasteiger partial charge in [0.15, 0.2) is 11.5 Å². The zero-order valence-electron chi connectivity index (χ0n) is 16.5. The maximum absolute atomic E-state index is 12.4. The van der Waals surface area contributed by atoms with Crippen LogP contribution in [-0.4, -0.2) is 24.3 Å². The second-order valence-corrected chi connectivity index (χ2v) is 9.27. The highest BCUT2D eigenvalue weighted by Crippen LogP contribution is 2.47. The van der Waals surface area contributed by atoms with Gasteiger partial charge in [-0.3, -0.25) is 4.79 Å². The summed E-state index contributed by atoms with van der Waals surface area (Å²) < 4.78 is 5.79. The van der Waals surface area contributed by atoms with Crippen LogP contribution >= 0.6 is 22.6 Å². The minimum Gasteiger partial charge on any atom is -0.504 e. The Morgan fingerprint density at radius 1 is 1.29 bits per heavy atom. The van der Waals surface area contributed by atoms with Crippen molar-refractivity contribution >= 4 is 34.7 Å². The van der Waals surface area contributed by atoms with Gasteiger partial charge in [0.2, 0.25) is 5.91 Å². The predicted molar refractivity (Wildman–Crippen MR) is 119 cm³/mol. The van der Waals surface area contributed by atoms with E-state index in [0.29, 0.717) is 9.32 Å². The summed E-state index contributed by atoms with van der Waals surface area (Å²) in [4.78, 5) is 12.4. The number of hydrazone groups is 1. The van der Waals surface area contributed by atoms with Crippen LogP contribution in [0, 0.1) is 9.49 Å². The van der Waals surface area contributed by atoms with Gasteiger partial charge < -0.3 is 9.84 Å². The van der Waals surface area contributed by atoms with Crippen LogP contribution in [0.2, 0.25) is 0 Å². The molecule has 1 saturated carbocycles. The van der Waals surface area contributed by atoms with Crippen LogP contribution < -0.4 is 10.2 Å². The average molecular weight is 492 g/mol. The third-order valence-electron chi connectivity index (χ3n) is 4.99. The van der Waals surface area contributed by atoms with Crippen LogP contribution in [-0.2, 0) is 10.2 Å². The molecule has 0 aliphatic heterocycles. The number of nitrogens with zero attached hydrogens (tertiary/aromatic N) is 1. The normalized spacial score (nSPS) is 18.9. The lowest BCUT2D eigenvalue weighted by atomic mass is 9.86. The third-order valence-corrected chi connectivity index (χ3v) is 5.81. The molecule has 1 aliphatic rings. The average Bonchev–Trinajstić information content (AvgIpc) is 3.44. The second kappa shape index (κ2) is 8.11. The lowest BCUT2D eigenvalue weighted by molar-refractivity contribution is -0.122. The number of hydrogen-bond donors (Lipinski definition) is 2. The number of carbonyl (C=O) groups excluding carboxylic acids is 1. The van der Waals surface area contributed by atoms with E-state index in [9.17, 15) is 9.90 Å². The highest BCUT2D eigenvalue weighted by Gasteiger charge is 2.44. The SMILES string of the molecule is COc1cc(/C=N/NC(=O)C2CC2c2ccc(C(C)(C)C)cc2)cc(I)c1O. The molecule has 0 bridgehead atoms. The topological polar surface area (TPSA) is 70.9 Å². The largest absolute Gasteiger partial charge is 0.504 e. The van der Waals surface area contributed by atoms with Crippen molar-refractivity contribution in [3.05, 3.63) is 56.7 Å².